The molecule has 0 aliphatic rings. The monoisotopic (exact) mass is 534 g/mol. The van der Waals surface area contributed by atoms with Gasteiger partial charge in [0, 0.05) is 59.1 Å². The number of methoxy groups -OCH3 is 2. The maximum absolute atomic E-state index is 11.6. The minimum Gasteiger partial charge on any atom is -0.504 e. The van der Waals surface area contributed by atoms with Crippen molar-refractivity contribution in [1.29, 1.82) is 0 Å². The van der Waals surface area contributed by atoms with E-state index in [0.717, 1.165) is 5.56 Å². The third-order valence-electron chi connectivity index (χ3n) is 4.99. The predicted molar refractivity (Wildman–Crippen MR) is 131 cm³/mol. The minimum absolute atomic E-state index is 0. The van der Waals surface area contributed by atoms with Crippen molar-refractivity contribution < 1.29 is 40.5 Å². The molecule has 0 amide bonds. The van der Waals surface area contributed by atoms with Crippen molar-refractivity contribution in [2.24, 2.45) is 5.92 Å². The summed E-state index contributed by atoms with van der Waals surface area (Å²) >= 11 is 0. The van der Waals surface area contributed by atoms with Gasteiger partial charge in [0.1, 0.15) is 5.75 Å². The fourth-order valence-corrected chi connectivity index (χ4v) is 4.92. The second-order valence-electron chi connectivity index (χ2n) is 7.53. The van der Waals surface area contributed by atoms with Gasteiger partial charge < -0.3 is 14.6 Å². The van der Waals surface area contributed by atoms with Gasteiger partial charge in [-0.1, -0.05) is 24.3 Å². The van der Waals surface area contributed by atoms with Gasteiger partial charge in [0.25, 0.3) is 20.2 Å². The molecule has 180 valence electrons. The quantitative estimate of drug-likeness (QED) is 0.274. The molecule has 0 fully saturated rings. The van der Waals surface area contributed by atoms with E-state index in [4.69, 9.17) is 14.0 Å². The molecule has 0 aliphatic heterocycles. The topological polar surface area (TPSA) is 147 Å². The molecule has 2 rings (SSSR count). The van der Waals surface area contributed by atoms with Crippen LogP contribution in [-0.4, -0.2) is 116 Å². The minimum atomic E-state index is -4.28. The number of ether oxygens (including phenoxy) is 2. The molecule has 1 unspecified atom stereocenters. The van der Waals surface area contributed by atoms with Crippen molar-refractivity contribution in [3.05, 3.63) is 53.1 Å². The maximum atomic E-state index is 11.6. The summed E-state index contributed by atoms with van der Waals surface area (Å²) in [4.78, 5) is 0. The van der Waals surface area contributed by atoms with Crippen LogP contribution in [0.1, 0.15) is 23.1 Å². The molecule has 0 aromatic heterocycles. The summed E-state index contributed by atoms with van der Waals surface area (Å²) in [5.74, 6) is -0.760. The number of rotatable bonds is 12. The standard InChI is InChI=1S/C21H28O9S2.2Na/c1-29-19-7-3-6-18(21(19)22)12-16(14-32(26,27)28)11-17-9-8-15(13-20(17)30-2)5-4-10-31(23,24)25;;/h3,6-9,13,16,22H,4-5,10-12,14H2,1-2H3,(H,23,24,25)(H,26,27,28);;. The zero-order chi connectivity index (χ0) is 23.9. The van der Waals surface area contributed by atoms with Crippen LogP contribution in [0.15, 0.2) is 36.4 Å². The number of phenolic OH excluding ortho intramolecular Hbond substituents is 1. The Morgan fingerprint density at radius 1 is 0.853 bits per heavy atom. The molecule has 2 radical (unpaired) electrons. The zero-order valence-electron chi connectivity index (χ0n) is 19.9. The van der Waals surface area contributed by atoms with E-state index in [9.17, 15) is 26.5 Å². The van der Waals surface area contributed by atoms with Crippen LogP contribution in [0.25, 0.3) is 0 Å². The molecule has 0 spiro atoms. The van der Waals surface area contributed by atoms with Gasteiger partial charge in [-0.3, -0.25) is 9.11 Å². The van der Waals surface area contributed by atoms with Crippen LogP contribution in [0.5, 0.6) is 17.2 Å². The Morgan fingerprint density at radius 2 is 1.47 bits per heavy atom. The molecule has 2 aromatic rings. The van der Waals surface area contributed by atoms with Crippen molar-refractivity contribution in [2.45, 2.75) is 25.7 Å². The van der Waals surface area contributed by atoms with Gasteiger partial charge >= 0.3 is 0 Å². The van der Waals surface area contributed by atoms with E-state index in [1.807, 2.05) is 0 Å². The summed E-state index contributed by atoms with van der Waals surface area (Å²) in [6.45, 7) is 0. The molecule has 0 saturated heterocycles. The van der Waals surface area contributed by atoms with Crippen LogP contribution in [-0.2, 0) is 39.5 Å². The van der Waals surface area contributed by atoms with Crippen molar-refractivity contribution in [2.75, 3.05) is 25.7 Å². The van der Waals surface area contributed by atoms with Crippen LogP contribution >= 0.6 is 0 Å². The Balaban J connectivity index is 0.00000544. The summed E-state index contributed by atoms with van der Waals surface area (Å²) in [6.07, 6.45) is 1.05. The molecule has 0 saturated carbocycles. The Bertz CT molecular complexity index is 1140. The third kappa shape index (κ3) is 11.6. The number of phenols is 1. The number of para-hydroxylation sites is 1. The first-order valence-electron chi connectivity index (χ1n) is 9.82. The van der Waals surface area contributed by atoms with Crippen LogP contribution in [0, 0.1) is 5.92 Å². The van der Waals surface area contributed by atoms with E-state index in [-0.39, 0.29) is 95.6 Å². The Morgan fingerprint density at radius 3 is 2.03 bits per heavy atom. The molecular formula is C21H28Na2O9S2. The van der Waals surface area contributed by atoms with Crippen LogP contribution < -0.4 is 9.47 Å². The third-order valence-corrected chi connectivity index (χ3v) is 6.68. The molecule has 0 heterocycles. The Hall–Kier alpha value is -0.340. The van der Waals surface area contributed by atoms with Crippen LogP contribution in [0.2, 0.25) is 0 Å². The van der Waals surface area contributed by atoms with Gasteiger partial charge in [-0.15, -0.1) is 0 Å². The fourth-order valence-electron chi connectivity index (χ4n) is 3.58. The SMILES string of the molecule is COc1cc(CCCS(=O)(=O)O)ccc1CC(Cc1cccc(OC)c1O)CS(=O)(=O)O.[Na].[Na]. The molecule has 1 atom stereocenters. The molecular weight excluding hydrogens is 506 g/mol. The smallest absolute Gasteiger partial charge is 0.265 e. The van der Waals surface area contributed by atoms with E-state index in [1.165, 1.54) is 14.2 Å². The molecule has 9 nitrogen and oxygen atoms in total. The van der Waals surface area contributed by atoms with E-state index >= 15 is 0 Å². The number of aryl methyl sites for hydroxylation is 1. The Kier molecular flexibility index (Phi) is 14.9. The van der Waals surface area contributed by atoms with E-state index in [2.05, 4.69) is 0 Å². The zero-order valence-corrected chi connectivity index (χ0v) is 25.5. The molecule has 34 heavy (non-hydrogen) atoms. The van der Waals surface area contributed by atoms with Gasteiger partial charge in [-0.2, -0.15) is 16.8 Å². The van der Waals surface area contributed by atoms with Crippen LogP contribution in [0.3, 0.4) is 0 Å². The number of hydrogen-bond donors (Lipinski definition) is 3. The fraction of sp³-hybridized carbons (Fsp3) is 0.429. The first-order chi connectivity index (χ1) is 14.9. The summed E-state index contributed by atoms with van der Waals surface area (Å²) in [6, 6.07) is 10.2. The average Bonchev–Trinajstić information content (AvgIpc) is 2.68. The maximum Gasteiger partial charge on any atom is 0.265 e. The van der Waals surface area contributed by atoms with Gasteiger partial charge in [-0.05, 0) is 60.4 Å². The first kappa shape index (κ1) is 33.7. The summed E-state index contributed by atoms with van der Waals surface area (Å²) in [5, 5.41) is 10.4. The van der Waals surface area contributed by atoms with E-state index < -0.39 is 31.9 Å². The van der Waals surface area contributed by atoms with Crippen molar-refractivity contribution in [3.8, 4) is 17.2 Å². The van der Waals surface area contributed by atoms with E-state index in [1.54, 1.807) is 36.4 Å². The largest absolute Gasteiger partial charge is 0.504 e. The van der Waals surface area contributed by atoms with Gasteiger partial charge in [-0.25, -0.2) is 0 Å². The normalized spacial score (nSPS) is 12.2. The Labute approximate surface area is 245 Å². The van der Waals surface area contributed by atoms with Crippen molar-refractivity contribution >= 4 is 79.4 Å². The average molecular weight is 535 g/mol. The van der Waals surface area contributed by atoms with Crippen LogP contribution in [0.4, 0.5) is 0 Å². The summed E-state index contributed by atoms with van der Waals surface area (Å²) in [5.41, 5.74) is 1.98. The molecule has 3 N–H and O–H groups in total. The summed E-state index contributed by atoms with van der Waals surface area (Å²) < 4.78 is 73.8. The van der Waals surface area contributed by atoms with E-state index in [0.29, 0.717) is 23.3 Å². The van der Waals surface area contributed by atoms with Gasteiger partial charge in [0.05, 0.1) is 25.7 Å². The number of aromatic hydroxyl groups is 1. The van der Waals surface area contributed by atoms with Gasteiger partial charge in [0.2, 0.25) is 0 Å². The first-order valence-corrected chi connectivity index (χ1v) is 13.0. The summed E-state index contributed by atoms with van der Waals surface area (Å²) in [7, 11) is -5.43. The second kappa shape index (κ2) is 15.0. The molecule has 0 bridgehead atoms. The van der Waals surface area contributed by atoms with Crippen molar-refractivity contribution in [3.63, 3.8) is 0 Å². The number of benzene rings is 2. The number of hydrogen-bond acceptors (Lipinski definition) is 7. The molecule has 2 aromatic carbocycles. The second-order valence-corrected chi connectivity index (χ2v) is 10.6. The molecule has 0 aliphatic carbocycles. The molecule has 13 heteroatoms. The van der Waals surface area contributed by atoms with Crippen molar-refractivity contribution in [1.82, 2.24) is 0 Å². The van der Waals surface area contributed by atoms with Gasteiger partial charge in [0.15, 0.2) is 11.5 Å². The predicted octanol–water partition coefficient (Wildman–Crippen LogP) is 1.76.